The predicted octanol–water partition coefficient (Wildman–Crippen LogP) is 6.63. The van der Waals surface area contributed by atoms with Crippen LogP contribution in [0.15, 0.2) is 77.9 Å². The predicted molar refractivity (Wildman–Crippen MR) is 223 cm³/mol. The first-order valence-electron chi connectivity index (χ1n) is 21.3. The molecule has 15 heteroatoms. The molecule has 0 spiro atoms. The number of amides is 3. The third-order valence-electron chi connectivity index (χ3n) is 12.6. The van der Waals surface area contributed by atoms with Crippen LogP contribution < -0.4 is 21.5 Å². The van der Waals surface area contributed by atoms with Crippen molar-refractivity contribution in [2.45, 2.75) is 94.7 Å². The summed E-state index contributed by atoms with van der Waals surface area (Å²) in [5, 5.41) is 8.73. The van der Waals surface area contributed by atoms with Crippen LogP contribution in [0.5, 0.6) is 0 Å². The zero-order valence-electron chi connectivity index (χ0n) is 33.7. The molecular weight excluding hydrogens is 771 g/mol. The molecule has 3 saturated heterocycles. The van der Waals surface area contributed by atoms with Crippen LogP contribution in [0.25, 0.3) is 16.9 Å². The first-order chi connectivity index (χ1) is 29.1. The largest absolute Gasteiger partial charge is 0.446 e. The molecule has 0 bridgehead atoms. The summed E-state index contributed by atoms with van der Waals surface area (Å²) in [5.74, 6) is -0.470. The van der Waals surface area contributed by atoms with Crippen molar-refractivity contribution < 1.29 is 27.9 Å². The Bertz CT molecular complexity index is 2230. The number of halogens is 2. The van der Waals surface area contributed by atoms with E-state index in [0.717, 1.165) is 70.8 Å². The number of benzene rings is 2. The Morgan fingerprint density at radius 3 is 2.38 bits per heavy atom. The van der Waals surface area contributed by atoms with Gasteiger partial charge in [-0.15, -0.1) is 0 Å². The number of ether oxygens (including phenoxy) is 1. The van der Waals surface area contributed by atoms with E-state index < -0.39 is 11.9 Å². The van der Waals surface area contributed by atoms with E-state index in [4.69, 9.17) is 4.74 Å². The van der Waals surface area contributed by atoms with Crippen LogP contribution >= 0.6 is 0 Å². The van der Waals surface area contributed by atoms with Crippen molar-refractivity contribution in [1.82, 2.24) is 29.7 Å². The van der Waals surface area contributed by atoms with E-state index in [0.29, 0.717) is 66.7 Å². The number of hydrogen-bond donors (Lipinski definition) is 3. The molecule has 2 aromatic heterocycles. The van der Waals surface area contributed by atoms with Gasteiger partial charge in [-0.25, -0.2) is 23.5 Å². The first kappa shape index (κ1) is 41.1. The summed E-state index contributed by atoms with van der Waals surface area (Å²) in [7, 11) is 0. The lowest BCUT2D eigenvalue weighted by atomic mass is 9.88. The Balaban J connectivity index is 0.727. The van der Waals surface area contributed by atoms with Crippen molar-refractivity contribution in [3.05, 3.63) is 101 Å². The van der Waals surface area contributed by atoms with Gasteiger partial charge in [0, 0.05) is 54.8 Å². The monoisotopic (exact) mass is 822 g/mol. The minimum Gasteiger partial charge on any atom is -0.446 e. The zero-order chi connectivity index (χ0) is 41.6. The van der Waals surface area contributed by atoms with Gasteiger partial charge in [-0.1, -0.05) is 24.3 Å². The molecule has 1 atom stereocenters. The highest BCUT2D eigenvalue weighted by Gasteiger charge is 2.31. The molecule has 1 aliphatic carbocycles. The average Bonchev–Trinajstić information content (AvgIpc) is 3.26. The normalized spacial score (nSPS) is 22.0. The second-order valence-electron chi connectivity index (χ2n) is 16.6. The maximum absolute atomic E-state index is 15.2. The van der Waals surface area contributed by atoms with Crippen LogP contribution in [0.1, 0.15) is 82.1 Å². The van der Waals surface area contributed by atoms with Crippen LogP contribution in [-0.4, -0.2) is 93.2 Å². The fourth-order valence-corrected chi connectivity index (χ4v) is 9.02. The van der Waals surface area contributed by atoms with E-state index in [1.54, 1.807) is 42.6 Å². The Morgan fingerprint density at radius 1 is 0.833 bits per heavy atom. The summed E-state index contributed by atoms with van der Waals surface area (Å²) in [4.78, 5) is 62.0. The van der Waals surface area contributed by atoms with Crippen molar-refractivity contribution >= 4 is 29.5 Å². The lowest BCUT2D eigenvalue weighted by molar-refractivity contribution is -0.133. The number of pyridine rings is 1. The third kappa shape index (κ3) is 10.0. The minimum absolute atomic E-state index is 0.0535. The van der Waals surface area contributed by atoms with Crippen LogP contribution in [-0.2, 0) is 14.3 Å². The van der Waals surface area contributed by atoms with Gasteiger partial charge in [-0.05, 0) is 132 Å². The summed E-state index contributed by atoms with van der Waals surface area (Å²) in [5.41, 5.74) is 2.35. The molecule has 60 heavy (non-hydrogen) atoms. The summed E-state index contributed by atoms with van der Waals surface area (Å²) in [6, 6.07) is 16.5. The second kappa shape index (κ2) is 18.7. The van der Waals surface area contributed by atoms with Crippen LogP contribution in [0.2, 0.25) is 0 Å². The van der Waals surface area contributed by atoms with Gasteiger partial charge >= 0.3 is 6.09 Å². The Kier molecular flexibility index (Phi) is 12.8. The molecule has 1 unspecified atom stereocenters. The van der Waals surface area contributed by atoms with E-state index in [-0.39, 0.29) is 59.5 Å². The molecule has 3 amide bonds. The van der Waals surface area contributed by atoms with Crippen molar-refractivity contribution in [2.24, 2.45) is 5.92 Å². The third-order valence-corrected chi connectivity index (χ3v) is 12.6. The fraction of sp³-hybridized carbons (Fsp3) is 0.467. The zero-order valence-corrected chi connectivity index (χ0v) is 33.7. The number of rotatable bonds is 11. The number of piperidine rings is 3. The molecule has 0 radical (unpaired) electrons. The molecule has 4 aromatic rings. The molecule has 1 saturated carbocycles. The number of nitrogens with one attached hydrogen (secondary N) is 3. The maximum atomic E-state index is 15.2. The lowest BCUT2D eigenvalue weighted by Crippen LogP contribution is -2.47. The van der Waals surface area contributed by atoms with Crippen molar-refractivity contribution in [3.63, 3.8) is 0 Å². The second-order valence-corrected chi connectivity index (χ2v) is 16.6. The molecule has 13 nitrogen and oxygen atoms in total. The Labute approximate surface area is 347 Å². The number of hydrogen-bond acceptors (Lipinski definition) is 10. The molecule has 4 fully saturated rings. The quantitative estimate of drug-likeness (QED) is 0.141. The molecule has 2 aromatic carbocycles. The number of imide groups is 1. The minimum atomic E-state index is -0.558. The van der Waals surface area contributed by atoms with E-state index in [9.17, 15) is 23.6 Å². The Hall–Kier alpha value is -5.70. The molecule has 3 N–H and O–H groups in total. The SMILES string of the molecule is O=C1CCC(Nc2ccc(C3CCN(CCC4CCN(C(=O)O[C@H]5CC[C@H](Nc6ncc(F)c(-c7cccc(-n8ccccc8=O)c7)n6)CC5)CC4)CC3)c(F)c2)C(=O)N1. The van der Waals surface area contributed by atoms with Gasteiger partial charge in [0.25, 0.3) is 5.56 Å². The van der Waals surface area contributed by atoms with Gasteiger partial charge in [0.1, 0.15) is 23.7 Å². The highest BCUT2D eigenvalue weighted by atomic mass is 19.1. The highest BCUT2D eigenvalue weighted by Crippen LogP contribution is 2.33. The number of aromatic nitrogens is 3. The number of nitrogens with zero attached hydrogens (tertiary/aromatic N) is 5. The topological polar surface area (TPSA) is 151 Å². The Morgan fingerprint density at radius 2 is 1.63 bits per heavy atom. The fourth-order valence-electron chi connectivity index (χ4n) is 9.02. The van der Waals surface area contributed by atoms with Gasteiger partial charge in [0.2, 0.25) is 17.8 Å². The molecule has 316 valence electrons. The highest BCUT2D eigenvalue weighted by molar-refractivity contribution is 6.01. The van der Waals surface area contributed by atoms with E-state index in [2.05, 4.69) is 30.8 Å². The van der Waals surface area contributed by atoms with Crippen LogP contribution in [0.3, 0.4) is 0 Å². The summed E-state index contributed by atoms with van der Waals surface area (Å²) >= 11 is 0. The molecule has 8 rings (SSSR count). The van der Waals surface area contributed by atoms with Crippen molar-refractivity contribution in [2.75, 3.05) is 43.4 Å². The van der Waals surface area contributed by atoms with Crippen LogP contribution in [0.4, 0.5) is 25.2 Å². The maximum Gasteiger partial charge on any atom is 0.410 e. The first-order valence-corrected chi connectivity index (χ1v) is 21.3. The summed E-state index contributed by atoms with van der Waals surface area (Å²) in [6.07, 6.45) is 10.7. The van der Waals surface area contributed by atoms with Gasteiger partial charge < -0.3 is 25.2 Å². The number of likely N-dealkylation sites (tertiary alicyclic amines) is 2. The van der Waals surface area contributed by atoms with E-state index in [1.165, 1.54) is 16.7 Å². The summed E-state index contributed by atoms with van der Waals surface area (Å²) in [6.45, 7) is 4.19. The summed E-state index contributed by atoms with van der Waals surface area (Å²) < 4.78 is 37.6. The molecule has 4 aliphatic rings. The van der Waals surface area contributed by atoms with Gasteiger partial charge in [0.05, 0.1) is 6.20 Å². The van der Waals surface area contributed by atoms with E-state index in [1.807, 2.05) is 17.0 Å². The van der Waals surface area contributed by atoms with Crippen molar-refractivity contribution in [3.8, 4) is 16.9 Å². The smallest absolute Gasteiger partial charge is 0.410 e. The van der Waals surface area contributed by atoms with E-state index >= 15 is 4.39 Å². The number of carbonyl (C=O) groups excluding carboxylic acids is 3. The molecular formula is C45H52F2N8O5. The van der Waals surface area contributed by atoms with Crippen LogP contribution in [0, 0.1) is 17.6 Å². The van der Waals surface area contributed by atoms with Crippen molar-refractivity contribution in [1.29, 1.82) is 0 Å². The number of carbonyl (C=O) groups is 3. The van der Waals surface area contributed by atoms with Gasteiger partial charge in [-0.2, -0.15) is 0 Å². The average molecular weight is 823 g/mol. The molecule has 5 heterocycles. The van der Waals surface area contributed by atoms with Gasteiger partial charge in [0.15, 0.2) is 5.82 Å². The standard InChI is InChI=1S/C45H52F2N8O5/c46-37-27-33(49-39-13-14-40(56)51-43(39)58)9-12-36(37)30-18-22-53(23-19-30)21-15-29-16-24-54(25-17-29)45(59)60-35-10-7-32(8-11-35)50-44-48-28-38(47)42(52-44)31-4-3-5-34(26-31)55-20-2-1-6-41(55)57/h1-6,9,12,20,26-30,32,35,39,49H,7-8,10-11,13-19,21-25H2,(H,48,50,52)(H,51,56,58)/t32-,35-,39?. The lowest BCUT2D eigenvalue weighted by Gasteiger charge is -2.36. The van der Waals surface area contributed by atoms with Gasteiger partial charge in [-0.3, -0.25) is 24.3 Å². The molecule has 3 aliphatic heterocycles. The number of anilines is 2.